The lowest BCUT2D eigenvalue weighted by atomic mass is 10.0. The first-order valence-electron chi connectivity index (χ1n) is 13.2. The van der Waals surface area contributed by atoms with E-state index in [2.05, 4.69) is 43.8 Å². The van der Waals surface area contributed by atoms with Crippen LogP contribution < -0.4 is 9.62 Å². The van der Waals surface area contributed by atoms with Gasteiger partial charge in [0.05, 0.1) is 11.9 Å². The minimum Gasteiger partial charge on any atom is -0.352 e. The fourth-order valence-electron chi connectivity index (χ4n) is 4.97. The van der Waals surface area contributed by atoms with E-state index in [-0.39, 0.29) is 18.5 Å². The maximum absolute atomic E-state index is 14.1. The van der Waals surface area contributed by atoms with Crippen molar-refractivity contribution >= 4 is 66.0 Å². The van der Waals surface area contributed by atoms with Gasteiger partial charge in [0, 0.05) is 27.1 Å². The van der Waals surface area contributed by atoms with Crippen molar-refractivity contribution in [2.24, 2.45) is 0 Å². The second-order valence-electron chi connectivity index (χ2n) is 10.1. The number of nitrogens with one attached hydrogen (secondary N) is 1. The molecule has 1 atom stereocenters. The van der Waals surface area contributed by atoms with Crippen LogP contribution in [0.3, 0.4) is 0 Å². The van der Waals surface area contributed by atoms with Crippen LogP contribution in [-0.4, -0.2) is 50.0 Å². The molecular formula is C30H33BrIN3O4S. The SMILES string of the molecule is CS(=O)(=O)N(CC(=O)N(Cc1cccc(Br)c1)[C@H](Cc1ccccc1)C(=O)NC1CCCC1)c1ccc(I)cc1. The lowest BCUT2D eigenvalue weighted by Crippen LogP contribution is -2.54. The van der Waals surface area contributed by atoms with Crippen molar-refractivity contribution in [3.05, 3.63) is 98.0 Å². The molecule has 1 saturated carbocycles. The van der Waals surface area contributed by atoms with Gasteiger partial charge in [0.15, 0.2) is 0 Å². The molecule has 0 aliphatic heterocycles. The topological polar surface area (TPSA) is 86.8 Å². The van der Waals surface area contributed by atoms with Crippen LogP contribution in [0.5, 0.6) is 0 Å². The van der Waals surface area contributed by atoms with E-state index in [1.165, 1.54) is 4.90 Å². The Bertz CT molecular complexity index is 1410. The van der Waals surface area contributed by atoms with Crippen molar-refractivity contribution in [3.63, 3.8) is 0 Å². The summed E-state index contributed by atoms with van der Waals surface area (Å²) in [6, 6.07) is 23.4. The van der Waals surface area contributed by atoms with Gasteiger partial charge in [-0.25, -0.2) is 8.42 Å². The van der Waals surface area contributed by atoms with Gasteiger partial charge in [-0.3, -0.25) is 13.9 Å². The van der Waals surface area contributed by atoms with Crippen molar-refractivity contribution in [3.8, 4) is 0 Å². The molecule has 3 aromatic rings. The highest BCUT2D eigenvalue weighted by Crippen LogP contribution is 2.23. The average molecular weight is 738 g/mol. The van der Waals surface area contributed by atoms with Crippen molar-refractivity contribution < 1.29 is 18.0 Å². The summed E-state index contributed by atoms with van der Waals surface area (Å²) < 4.78 is 28.6. The Labute approximate surface area is 258 Å². The highest BCUT2D eigenvalue weighted by Gasteiger charge is 2.34. The van der Waals surface area contributed by atoms with Crippen LogP contribution in [0.15, 0.2) is 83.3 Å². The van der Waals surface area contributed by atoms with Gasteiger partial charge in [-0.05, 0) is 83.0 Å². The Morgan fingerprint density at radius 1 is 0.975 bits per heavy atom. The highest BCUT2D eigenvalue weighted by molar-refractivity contribution is 14.1. The lowest BCUT2D eigenvalue weighted by molar-refractivity contribution is -0.140. The summed E-state index contributed by atoms with van der Waals surface area (Å²) >= 11 is 5.65. The minimum absolute atomic E-state index is 0.0768. The molecule has 2 amide bonds. The quantitative estimate of drug-likeness (QED) is 0.263. The Balaban J connectivity index is 1.72. The maximum atomic E-state index is 14.1. The number of nitrogens with zero attached hydrogens (tertiary/aromatic N) is 2. The molecule has 1 fully saturated rings. The van der Waals surface area contributed by atoms with Gasteiger partial charge in [0.2, 0.25) is 21.8 Å². The van der Waals surface area contributed by atoms with Crippen LogP contribution in [0.1, 0.15) is 36.8 Å². The first-order valence-corrected chi connectivity index (χ1v) is 16.9. The van der Waals surface area contributed by atoms with E-state index in [0.29, 0.717) is 12.1 Å². The van der Waals surface area contributed by atoms with Crippen LogP contribution in [0.2, 0.25) is 0 Å². The Hall–Kier alpha value is -2.44. The second kappa shape index (κ2) is 14.0. The molecule has 7 nitrogen and oxygen atoms in total. The molecule has 212 valence electrons. The zero-order chi connectivity index (χ0) is 28.7. The van der Waals surface area contributed by atoms with E-state index in [0.717, 1.165) is 55.4 Å². The zero-order valence-corrected chi connectivity index (χ0v) is 26.9. The van der Waals surface area contributed by atoms with E-state index in [4.69, 9.17) is 0 Å². The zero-order valence-electron chi connectivity index (χ0n) is 22.3. The number of hydrogen-bond acceptors (Lipinski definition) is 4. The molecule has 3 aromatic carbocycles. The number of sulfonamides is 1. The van der Waals surface area contributed by atoms with Gasteiger partial charge in [0.25, 0.3) is 0 Å². The highest BCUT2D eigenvalue weighted by atomic mass is 127. The van der Waals surface area contributed by atoms with Crippen LogP contribution in [-0.2, 0) is 32.6 Å². The summed E-state index contributed by atoms with van der Waals surface area (Å²) in [4.78, 5) is 29.5. The van der Waals surface area contributed by atoms with Gasteiger partial charge in [0.1, 0.15) is 12.6 Å². The predicted octanol–water partition coefficient (Wildman–Crippen LogP) is 5.52. The summed E-state index contributed by atoms with van der Waals surface area (Å²) in [5, 5.41) is 3.18. The molecule has 1 aliphatic rings. The summed E-state index contributed by atoms with van der Waals surface area (Å²) in [6.07, 6.45) is 5.35. The van der Waals surface area contributed by atoms with E-state index < -0.39 is 28.5 Å². The maximum Gasteiger partial charge on any atom is 0.244 e. The fourth-order valence-corrected chi connectivity index (χ4v) is 6.63. The first-order chi connectivity index (χ1) is 19.1. The number of amides is 2. The number of carbonyl (C=O) groups excluding carboxylic acids is 2. The third-order valence-corrected chi connectivity index (χ3v) is 9.36. The van der Waals surface area contributed by atoms with Gasteiger partial charge >= 0.3 is 0 Å². The molecule has 0 saturated heterocycles. The minimum atomic E-state index is -3.79. The van der Waals surface area contributed by atoms with Crippen molar-refractivity contribution in [2.75, 3.05) is 17.1 Å². The number of carbonyl (C=O) groups is 2. The van der Waals surface area contributed by atoms with E-state index in [1.54, 1.807) is 24.3 Å². The normalized spacial score (nSPS) is 14.5. The third kappa shape index (κ3) is 8.53. The van der Waals surface area contributed by atoms with Crippen LogP contribution in [0.4, 0.5) is 5.69 Å². The monoisotopic (exact) mass is 737 g/mol. The molecule has 0 spiro atoms. The van der Waals surface area contributed by atoms with Crippen LogP contribution in [0.25, 0.3) is 0 Å². The fraction of sp³-hybridized carbons (Fsp3) is 0.333. The molecule has 10 heteroatoms. The number of anilines is 1. The number of rotatable bonds is 11. The summed E-state index contributed by atoms with van der Waals surface area (Å²) in [7, 11) is -3.79. The van der Waals surface area contributed by atoms with E-state index in [9.17, 15) is 18.0 Å². The Morgan fingerprint density at radius 3 is 2.25 bits per heavy atom. The van der Waals surface area contributed by atoms with Crippen LogP contribution in [0, 0.1) is 3.57 Å². The molecule has 0 radical (unpaired) electrons. The van der Waals surface area contributed by atoms with Crippen molar-refractivity contribution in [1.29, 1.82) is 0 Å². The molecule has 0 bridgehead atoms. The van der Waals surface area contributed by atoms with Crippen molar-refractivity contribution in [2.45, 2.75) is 50.7 Å². The number of hydrogen-bond donors (Lipinski definition) is 1. The van der Waals surface area contributed by atoms with Gasteiger partial charge < -0.3 is 10.2 Å². The molecular weight excluding hydrogens is 705 g/mol. The molecule has 1 N–H and O–H groups in total. The van der Waals surface area contributed by atoms with E-state index >= 15 is 0 Å². The number of benzene rings is 3. The van der Waals surface area contributed by atoms with Crippen molar-refractivity contribution in [1.82, 2.24) is 10.2 Å². The van der Waals surface area contributed by atoms with Crippen LogP contribution >= 0.6 is 38.5 Å². The molecule has 0 heterocycles. The largest absolute Gasteiger partial charge is 0.352 e. The van der Waals surface area contributed by atoms with Gasteiger partial charge in [-0.15, -0.1) is 0 Å². The van der Waals surface area contributed by atoms with E-state index in [1.807, 2.05) is 54.6 Å². The standard InChI is InChI=1S/C30H33BrIN3O4S/c1-40(38,39)35(27-16-14-25(32)15-17-27)21-29(36)34(20-23-10-7-11-24(31)18-23)28(19-22-8-3-2-4-9-22)30(37)33-26-12-5-6-13-26/h2-4,7-11,14-18,26,28H,5-6,12-13,19-21H2,1H3,(H,33,37)/t28-/m1/s1. The lowest BCUT2D eigenvalue weighted by Gasteiger charge is -2.34. The Kier molecular flexibility index (Phi) is 10.6. The van der Waals surface area contributed by atoms with Gasteiger partial charge in [-0.1, -0.05) is 71.2 Å². The third-order valence-electron chi connectivity index (χ3n) is 7.01. The summed E-state index contributed by atoms with van der Waals surface area (Å²) in [5.41, 5.74) is 2.14. The summed E-state index contributed by atoms with van der Waals surface area (Å²) in [5.74, 6) is -0.675. The Morgan fingerprint density at radius 2 is 1.62 bits per heavy atom. The predicted molar refractivity (Wildman–Crippen MR) is 170 cm³/mol. The average Bonchev–Trinajstić information content (AvgIpc) is 3.43. The molecule has 1 aliphatic carbocycles. The second-order valence-corrected chi connectivity index (χ2v) is 14.2. The molecule has 40 heavy (non-hydrogen) atoms. The van der Waals surface area contributed by atoms with Gasteiger partial charge in [-0.2, -0.15) is 0 Å². The molecule has 0 aromatic heterocycles. The first kappa shape index (κ1) is 30.5. The summed E-state index contributed by atoms with van der Waals surface area (Å²) in [6.45, 7) is -0.270. The molecule has 0 unspecified atom stereocenters. The number of halogens is 2. The smallest absolute Gasteiger partial charge is 0.244 e. The molecule has 4 rings (SSSR count).